The summed E-state index contributed by atoms with van der Waals surface area (Å²) in [6.45, 7) is 4.97. The highest BCUT2D eigenvalue weighted by molar-refractivity contribution is 7.89. The number of hydrogen-bond acceptors (Lipinski definition) is 4. The zero-order valence-electron chi connectivity index (χ0n) is 17.3. The van der Waals surface area contributed by atoms with Crippen LogP contribution in [0.3, 0.4) is 0 Å². The van der Waals surface area contributed by atoms with Crippen LogP contribution in [0.15, 0.2) is 59.5 Å². The summed E-state index contributed by atoms with van der Waals surface area (Å²) < 4.78 is 28.7. The van der Waals surface area contributed by atoms with E-state index < -0.39 is 10.0 Å². The van der Waals surface area contributed by atoms with Crippen LogP contribution in [0.2, 0.25) is 5.02 Å². The number of carbonyl (C=O) groups excluding carboxylic acids is 1. The fraction of sp³-hybridized carbons (Fsp3) is 0.273. The van der Waals surface area contributed by atoms with Crippen LogP contribution in [0.1, 0.15) is 21.7 Å². The minimum Gasteiger partial charge on any atom is -0.336 e. The molecule has 0 atom stereocenters. The third-order valence-electron chi connectivity index (χ3n) is 5.47. The summed E-state index contributed by atoms with van der Waals surface area (Å²) in [5, 5.41) is 5.06. The fourth-order valence-electron chi connectivity index (χ4n) is 3.68. The summed E-state index contributed by atoms with van der Waals surface area (Å²) in [5.41, 5.74) is 2.97. The van der Waals surface area contributed by atoms with Gasteiger partial charge < -0.3 is 4.90 Å². The van der Waals surface area contributed by atoms with Gasteiger partial charge in [0, 0.05) is 31.7 Å². The lowest BCUT2D eigenvalue weighted by Crippen LogP contribution is -2.50. The first kappa shape index (κ1) is 21.5. The monoisotopic (exact) mass is 458 g/mol. The molecular formula is C22H23ClN4O3S. The van der Waals surface area contributed by atoms with Crippen molar-refractivity contribution in [2.24, 2.45) is 0 Å². The van der Waals surface area contributed by atoms with Gasteiger partial charge >= 0.3 is 0 Å². The quantitative estimate of drug-likeness (QED) is 0.601. The van der Waals surface area contributed by atoms with Gasteiger partial charge in [-0.05, 0) is 50.2 Å². The Balaban J connectivity index is 1.44. The number of aryl methyl sites for hydroxylation is 1. The van der Waals surface area contributed by atoms with E-state index in [0.29, 0.717) is 23.7 Å². The smallest absolute Gasteiger partial charge is 0.253 e. The molecule has 0 N–H and O–H groups in total. The molecular weight excluding hydrogens is 436 g/mol. The molecule has 2 aromatic carbocycles. The van der Waals surface area contributed by atoms with Gasteiger partial charge in [-0.25, -0.2) is 13.1 Å². The molecule has 1 fully saturated rings. The second-order valence-electron chi connectivity index (χ2n) is 7.45. The molecule has 1 aliphatic rings. The van der Waals surface area contributed by atoms with E-state index >= 15 is 0 Å². The second-order valence-corrected chi connectivity index (χ2v) is 9.77. The van der Waals surface area contributed by atoms with Gasteiger partial charge in [-0.2, -0.15) is 9.40 Å². The molecule has 31 heavy (non-hydrogen) atoms. The highest BCUT2D eigenvalue weighted by Gasteiger charge is 2.30. The van der Waals surface area contributed by atoms with Crippen LogP contribution in [-0.4, -0.2) is 59.5 Å². The zero-order valence-corrected chi connectivity index (χ0v) is 18.9. The number of rotatable bonds is 4. The standard InChI is InChI=1S/C22H23ClN4O3S/c1-16-21(23)17(2)27(24-16)19-10-8-18(9-11-19)22(28)25-12-14-26(15-13-25)31(29,30)20-6-4-3-5-7-20/h3-11H,12-15H2,1-2H3. The first-order chi connectivity index (χ1) is 14.8. The van der Waals surface area contributed by atoms with Gasteiger partial charge in [-0.3, -0.25) is 4.79 Å². The third kappa shape index (κ3) is 4.11. The molecule has 0 unspecified atom stereocenters. The molecule has 7 nitrogen and oxygen atoms in total. The van der Waals surface area contributed by atoms with Crippen molar-refractivity contribution in [2.45, 2.75) is 18.7 Å². The van der Waals surface area contributed by atoms with Crippen molar-refractivity contribution < 1.29 is 13.2 Å². The molecule has 9 heteroatoms. The van der Waals surface area contributed by atoms with Crippen LogP contribution in [0.25, 0.3) is 5.69 Å². The van der Waals surface area contributed by atoms with E-state index in [1.165, 1.54) is 4.31 Å². The Hall–Kier alpha value is -2.68. The molecule has 3 aromatic rings. The summed E-state index contributed by atoms with van der Waals surface area (Å²) in [6, 6.07) is 15.5. The average Bonchev–Trinajstić information content (AvgIpc) is 3.06. The molecule has 0 saturated carbocycles. The maximum atomic E-state index is 12.9. The Bertz CT molecular complexity index is 1200. The Labute approximate surface area is 186 Å². The van der Waals surface area contributed by atoms with E-state index in [1.54, 1.807) is 52.0 Å². The van der Waals surface area contributed by atoms with Gasteiger partial charge in [0.1, 0.15) is 0 Å². The molecule has 1 saturated heterocycles. The molecule has 0 bridgehead atoms. The van der Waals surface area contributed by atoms with Crippen molar-refractivity contribution in [3.63, 3.8) is 0 Å². The predicted molar refractivity (Wildman–Crippen MR) is 119 cm³/mol. The summed E-state index contributed by atoms with van der Waals surface area (Å²) >= 11 is 6.22. The summed E-state index contributed by atoms with van der Waals surface area (Å²) in [4.78, 5) is 14.9. The van der Waals surface area contributed by atoms with Crippen LogP contribution >= 0.6 is 11.6 Å². The van der Waals surface area contributed by atoms with Crippen molar-refractivity contribution in [3.05, 3.63) is 76.6 Å². The summed E-state index contributed by atoms with van der Waals surface area (Å²) in [7, 11) is -3.54. The van der Waals surface area contributed by atoms with E-state index in [1.807, 2.05) is 26.0 Å². The molecule has 1 amide bonds. The number of benzene rings is 2. The van der Waals surface area contributed by atoms with Crippen LogP contribution in [0.5, 0.6) is 0 Å². The van der Waals surface area contributed by atoms with Gasteiger partial charge in [-0.15, -0.1) is 0 Å². The first-order valence-electron chi connectivity index (χ1n) is 9.95. The molecule has 1 aliphatic heterocycles. The van der Waals surface area contributed by atoms with Gasteiger partial charge in [0.15, 0.2) is 0 Å². The van der Waals surface area contributed by atoms with Crippen molar-refractivity contribution >= 4 is 27.5 Å². The molecule has 0 aliphatic carbocycles. The van der Waals surface area contributed by atoms with E-state index in [9.17, 15) is 13.2 Å². The van der Waals surface area contributed by atoms with E-state index in [-0.39, 0.29) is 23.9 Å². The Morgan fingerprint density at radius 1 is 0.935 bits per heavy atom. The molecule has 162 valence electrons. The highest BCUT2D eigenvalue weighted by atomic mass is 35.5. The maximum Gasteiger partial charge on any atom is 0.253 e. The first-order valence-corrected chi connectivity index (χ1v) is 11.8. The lowest BCUT2D eigenvalue weighted by molar-refractivity contribution is 0.0698. The maximum absolute atomic E-state index is 12.9. The molecule has 0 spiro atoms. The number of amides is 1. The lowest BCUT2D eigenvalue weighted by Gasteiger charge is -2.34. The van der Waals surface area contributed by atoms with Crippen LogP contribution in [0.4, 0.5) is 0 Å². The fourth-order valence-corrected chi connectivity index (χ4v) is 5.24. The van der Waals surface area contributed by atoms with Crippen molar-refractivity contribution in [1.29, 1.82) is 0 Å². The summed E-state index contributed by atoms with van der Waals surface area (Å²) in [6.07, 6.45) is 0. The molecule has 4 rings (SSSR count). The van der Waals surface area contributed by atoms with Crippen LogP contribution in [-0.2, 0) is 10.0 Å². The number of hydrogen-bond donors (Lipinski definition) is 0. The molecule has 0 radical (unpaired) electrons. The van der Waals surface area contributed by atoms with Crippen molar-refractivity contribution in [1.82, 2.24) is 19.0 Å². The Morgan fingerprint density at radius 3 is 2.10 bits per heavy atom. The number of nitrogens with zero attached hydrogens (tertiary/aromatic N) is 4. The topological polar surface area (TPSA) is 75.5 Å². The Morgan fingerprint density at radius 2 is 1.55 bits per heavy atom. The van der Waals surface area contributed by atoms with Crippen LogP contribution < -0.4 is 0 Å². The number of piperazine rings is 1. The van der Waals surface area contributed by atoms with Crippen molar-refractivity contribution in [2.75, 3.05) is 26.2 Å². The number of halogens is 1. The van der Waals surface area contributed by atoms with Gasteiger partial charge in [-0.1, -0.05) is 29.8 Å². The third-order valence-corrected chi connectivity index (χ3v) is 7.93. The molecule has 1 aromatic heterocycles. The average molecular weight is 459 g/mol. The van der Waals surface area contributed by atoms with E-state index in [2.05, 4.69) is 5.10 Å². The Kier molecular flexibility index (Phi) is 5.88. The van der Waals surface area contributed by atoms with Gasteiger partial charge in [0.2, 0.25) is 10.0 Å². The predicted octanol–water partition coefficient (Wildman–Crippen LogP) is 3.29. The minimum atomic E-state index is -3.54. The SMILES string of the molecule is Cc1nn(-c2ccc(C(=O)N3CCN(S(=O)(=O)c4ccccc4)CC3)cc2)c(C)c1Cl. The van der Waals surface area contributed by atoms with E-state index in [4.69, 9.17) is 11.6 Å². The second kappa shape index (κ2) is 8.45. The highest BCUT2D eigenvalue weighted by Crippen LogP contribution is 2.23. The normalized spacial score (nSPS) is 15.3. The number of sulfonamides is 1. The van der Waals surface area contributed by atoms with Crippen LogP contribution in [0, 0.1) is 13.8 Å². The minimum absolute atomic E-state index is 0.116. The number of aromatic nitrogens is 2. The lowest BCUT2D eigenvalue weighted by atomic mass is 10.1. The van der Waals surface area contributed by atoms with Gasteiger partial charge in [0.05, 0.1) is 27.0 Å². The largest absolute Gasteiger partial charge is 0.336 e. The van der Waals surface area contributed by atoms with Crippen molar-refractivity contribution in [3.8, 4) is 5.69 Å². The van der Waals surface area contributed by atoms with E-state index in [0.717, 1.165) is 17.1 Å². The summed E-state index contributed by atoms with van der Waals surface area (Å²) in [5.74, 6) is -0.116. The molecule has 2 heterocycles. The van der Waals surface area contributed by atoms with Gasteiger partial charge in [0.25, 0.3) is 5.91 Å². The zero-order chi connectivity index (χ0) is 22.2. The number of carbonyl (C=O) groups is 1.